The highest BCUT2D eigenvalue weighted by Crippen LogP contribution is 2.20. The van der Waals surface area contributed by atoms with E-state index in [-0.39, 0.29) is 5.91 Å². The first-order valence-corrected chi connectivity index (χ1v) is 8.95. The van der Waals surface area contributed by atoms with Gasteiger partial charge in [0.1, 0.15) is 12.1 Å². The van der Waals surface area contributed by atoms with E-state index in [2.05, 4.69) is 31.8 Å². The zero-order valence-electron chi connectivity index (χ0n) is 12.9. The quantitative estimate of drug-likeness (QED) is 0.599. The molecule has 0 atom stereocenters. The van der Waals surface area contributed by atoms with Crippen molar-refractivity contribution in [1.82, 2.24) is 25.1 Å². The predicted molar refractivity (Wildman–Crippen MR) is 95.3 cm³/mol. The van der Waals surface area contributed by atoms with Crippen LogP contribution in [0.3, 0.4) is 0 Å². The molecule has 0 aromatic carbocycles. The molecule has 0 spiro atoms. The Morgan fingerprint density at radius 2 is 2.29 bits per heavy atom. The third-order valence-electron chi connectivity index (χ3n) is 3.41. The molecule has 7 nitrogen and oxygen atoms in total. The summed E-state index contributed by atoms with van der Waals surface area (Å²) in [5, 5.41) is 13.4. The van der Waals surface area contributed by atoms with Crippen LogP contribution in [-0.2, 0) is 17.9 Å². The van der Waals surface area contributed by atoms with Gasteiger partial charge in [-0.15, -0.1) is 22.9 Å². The lowest BCUT2D eigenvalue weighted by Gasteiger charge is -2.07. The number of hydrogen-bond acceptors (Lipinski definition) is 6. The van der Waals surface area contributed by atoms with Crippen LogP contribution in [0.5, 0.6) is 0 Å². The van der Waals surface area contributed by atoms with Crippen molar-refractivity contribution in [2.75, 3.05) is 17.7 Å². The number of carbonyl (C=O) groups is 1. The summed E-state index contributed by atoms with van der Waals surface area (Å²) in [6.45, 7) is 1.73. The predicted octanol–water partition coefficient (Wildman–Crippen LogP) is 2.25. The van der Waals surface area contributed by atoms with Gasteiger partial charge in [0.2, 0.25) is 5.91 Å². The van der Waals surface area contributed by atoms with E-state index in [1.165, 1.54) is 11.2 Å². The molecule has 3 aromatic rings. The lowest BCUT2D eigenvalue weighted by atomic mass is 10.3. The Hall–Kier alpha value is -2.19. The number of rotatable bonds is 8. The highest BCUT2D eigenvalue weighted by atomic mass is 35.5. The van der Waals surface area contributed by atoms with Crippen LogP contribution in [0.2, 0.25) is 0 Å². The molecule has 0 bridgehead atoms. The van der Waals surface area contributed by atoms with Crippen LogP contribution in [-0.4, -0.2) is 38.1 Å². The minimum absolute atomic E-state index is 0.0607. The molecule has 0 saturated carbocycles. The largest absolute Gasteiger partial charge is 0.364 e. The van der Waals surface area contributed by atoms with E-state index in [0.717, 1.165) is 16.9 Å². The standard InChI is InChI=1S/C15H17ClN6OS/c16-4-3-13(23)17-5-6-22-15-12(9-21-22)14(19-10-20-15)18-8-11-2-1-7-24-11/h1-2,7,9-10H,3-6,8H2,(H,17,23)(H,18,19,20). The van der Waals surface area contributed by atoms with Crippen LogP contribution in [0, 0.1) is 0 Å². The van der Waals surface area contributed by atoms with Gasteiger partial charge < -0.3 is 10.6 Å². The number of aromatic nitrogens is 4. The van der Waals surface area contributed by atoms with E-state index in [0.29, 0.717) is 31.9 Å². The molecule has 3 aromatic heterocycles. The van der Waals surface area contributed by atoms with E-state index < -0.39 is 0 Å². The SMILES string of the molecule is O=C(CCCl)NCCn1ncc2c(NCc3cccs3)ncnc21. The molecule has 9 heteroatoms. The summed E-state index contributed by atoms with van der Waals surface area (Å²) in [5.74, 6) is 1.02. The fourth-order valence-corrected chi connectivity index (χ4v) is 3.07. The highest BCUT2D eigenvalue weighted by molar-refractivity contribution is 7.09. The topological polar surface area (TPSA) is 84.7 Å². The molecule has 126 valence electrons. The van der Waals surface area contributed by atoms with Crippen molar-refractivity contribution in [3.05, 3.63) is 34.9 Å². The summed E-state index contributed by atoms with van der Waals surface area (Å²) in [4.78, 5) is 21.3. The van der Waals surface area contributed by atoms with Gasteiger partial charge in [-0.1, -0.05) is 6.07 Å². The maximum atomic E-state index is 11.4. The monoisotopic (exact) mass is 364 g/mol. The minimum atomic E-state index is -0.0607. The smallest absolute Gasteiger partial charge is 0.221 e. The minimum Gasteiger partial charge on any atom is -0.364 e. The van der Waals surface area contributed by atoms with Gasteiger partial charge in [0.15, 0.2) is 5.65 Å². The van der Waals surface area contributed by atoms with Crippen molar-refractivity contribution in [1.29, 1.82) is 0 Å². The van der Waals surface area contributed by atoms with Gasteiger partial charge in [-0.25, -0.2) is 14.6 Å². The van der Waals surface area contributed by atoms with Crippen molar-refractivity contribution in [3.8, 4) is 0 Å². The van der Waals surface area contributed by atoms with Crippen molar-refractivity contribution >= 4 is 45.7 Å². The van der Waals surface area contributed by atoms with Gasteiger partial charge in [0, 0.05) is 23.7 Å². The maximum absolute atomic E-state index is 11.4. The van der Waals surface area contributed by atoms with Gasteiger partial charge in [0.25, 0.3) is 0 Å². The fraction of sp³-hybridized carbons (Fsp3) is 0.333. The van der Waals surface area contributed by atoms with Crippen LogP contribution in [0.4, 0.5) is 5.82 Å². The van der Waals surface area contributed by atoms with E-state index >= 15 is 0 Å². The molecule has 3 rings (SSSR count). The molecule has 0 fully saturated rings. The van der Waals surface area contributed by atoms with Crippen molar-refractivity contribution in [3.63, 3.8) is 0 Å². The molecule has 0 aliphatic rings. The van der Waals surface area contributed by atoms with Gasteiger partial charge in [-0.3, -0.25) is 4.79 Å². The van der Waals surface area contributed by atoms with Crippen LogP contribution >= 0.6 is 22.9 Å². The average Bonchev–Trinajstić information content (AvgIpc) is 3.23. The molecule has 0 aliphatic carbocycles. The van der Waals surface area contributed by atoms with Crippen molar-refractivity contribution in [2.45, 2.75) is 19.5 Å². The average molecular weight is 365 g/mol. The number of carbonyl (C=O) groups excluding carboxylic acids is 1. The Morgan fingerprint density at radius 3 is 3.08 bits per heavy atom. The van der Waals surface area contributed by atoms with Gasteiger partial charge >= 0.3 is 0 Å². The number of halogens is 1. The Morgan fingerprint density at radius 1 is 1.38 bits per heavy atom. The molecule has 0 saturated heterocycles. The van der Waals surface area contributed by atoms with Crippen molar-refractivity contribution in [2.24, 2.45) is 0 Å². The summed E-state index contributed by atoms with van der Waals surface area (Å²) < 4.78 is 1.76. The number of fused-ring (bicyclic) bond motifs is 1. The summed E-state index contributed by atoms with van der Waals surface area (Å²) in [5.41, 5.74) is 0.741. The number of hydrogen-bond donors (Lipinski definition) is 2. The molecule has 24 heavy (non-hydrogen) atoms. The summed E-state index contributed by atoms with van der Waals surface area (Å²) in [7, 11) is 0. The molecule has 3 heterocycles. The summed E-state index contributed by atoms with van der Waals surface area (Å²) in [6, 6.07) is 4.09. The van der Waals surface area contributed by atoms with Crippen LogP contribution in [0.1, 0.15) is 11.3 Å². The fourth-order valence-electron chi connectivity index (χ4n) is 2.26. The number of anilines is 1. The number of alkyl halides is 1. The lowest BCUT2D eigenvalue weighted by Crippen LogP contribution is -2.27. The van der Waals surface area contributed by atoms with Crippen molar-refractivity contribution < 1.29 is 4.79 Å². The number of thiophene rings is 1. The normalized spacial score (nSPS) is 10.9. The second-order valence-electron chi connectivity index (χ2n) is 5.05. The Kier molecular flexibility index (Phi) is 5.60. The van der Waals surface area contributed by atoms with E-state index in [1.807, 2.05) is 11.4 Å². The summed E-state index contributed by atoms with van der Waals surface area (Å²) >= 11 is 7.23. The molecule has 0 unspecified atom stereocenters. The number of nitrogens with zero attached hydrogens (tertiary/aromatic N) is 4. The Balaban J connectivity index is 1.66. The molecule has 0 radical (unpaired) electrons. The highest BCUT2D eigenvalue weighted by Gasteiger charge is 2.10. The van der Waals surface area contributed by atoms with Gasteiger partial charge in [0.05, 0.1) is 24.7 Å². The van der Waals surface area contributed by atoms with Gasteiger partial charge in [-0.2, -0.15) is 5.10 Å². The van der Waals surface area contributed by atoms with Crippen LogP contribution < -0.4 is 10.6 Å². The van der Waals surface area contributed by atoms with E-state index in [4.69, 9.17) is 11.6 Å². The molecule has 2 N–H and O–H groups in total. The lowest BCUT2D eigenvalue weighted by molar-refractivity contribution is -0.120. The summed E-state index contributed by atoms with van der Waals surface area (Å²) in [6.07, 6.45) is 3.58. The van der Waals surface area contributed by atoms with E-state index in [1.54, 1.807) is 22.2 Å². The number of amides is 1. The first-order chi connectivity index (χ1) is 11.8. The first kappa shape index (κ1) is 16.7. The molecule has 0 aliphatic heterocycles. The number of nitrogens with one attached hydrogen (secondary N) is 2. The zero-order valence-corrected chi connectivity index (χ0v) is 14.5. The third kappa shape index (κ3) is 4.01. The molecule has 1 amide bonds. The van der Waals surface area contributed by atoms with E-state index in [9.17, 15) is 4.79 Å². The maximum Gasteiger partial charge on any atom is 0.221 e. The van der Waals surface area contributed by atoms with Crippen LogP contribution in [0.15, 0.2) is 30.0 Å². The second kappa shape index (κ2) is 8.07. The third-order valence-corrected chi connectivity index (χ3v) is 4.48. The van der Waals surface area contributed by atoms with Crippen LogP contribution in [0.25, 0.3) is 11.0 Å². The second-order valence-corrected chi connectivity index (χ2v) is 6.46. The Labute approximate surface area is 148 Å². The molecular formula is C15H17ClN6OS. The van der Waals surface area contributed by atoms with Gasteiger partial charge in [-0.05, 0) is 11.4 Å². The zero-order chi connectivity index (χ0) is 16.8. The Bertz CT molecular complexity index is 804. The first-order valence-electron chi connectivity index (χ1n) is 7.53. The molecular weight excluding hydrogens is 348 g/mol.